The number of aromatic nitrogens is 4. The molecular formula is C18H18ClN5OS. The Balaban J connectivity index is 1.71. The third-order valence-corrected chi connectivity index (χ3v) is 5.24. The molecule has 8 heteroatoms. The number of thioether (sulfide) groups is 1. The van der Waals surface area contributed by atoms with Crippen LogP contribution in [0.25, 0.3) is 5.69 Å². The summed E-state index contributed by atoms with van der Waals surface area (Å²) >= 11 is 7.37. The zero-order valence-electron chi connectivity index (χ0n) is 14.7. The van der Waals surface area contributed by atoms with E-state index in [1.54, 1.807) is 16.8 Å². The lowest BCUT2D eigenvalue weighted by molar-refractivity contribution is -0.113. The number of anilines is 1. The Morgan fingerprint density at radius 1 is 1.23 bits per heavy atom. The monoisotopic (exact) mass is 387 g/mol. The van der Waals surface area contributed by atoms with Crippen LogP contribution in [0.5, 0.6) is 0 Å². The van der Waals surface area contributed by atoms with Gasteiger partial charge in [-0.3, -0.25) is 4.79 Å². The Bertz CT molecular complexity index is 957. The predicted molar refractivity (Wildman–Crippen MR) is 104 cm³/mol. The molecule has 0 bridgehead atoms. The Kier molecular flexibility index (Phi) is 5.58. The lowest BCUT2D eigenvalue weighted by Gasteiger charge is -2.10. The molecule has 1 amide bonds. The molecule has 0 saturated heterocycles. The maximum Gasteiger partial charge on any atom is 0.234 e. The van der Waals surface area contributed by atoms with Gasteiger partial charge in [-0.05, 0) is 66.1 Å². The van der Waals surface area contributed by atoms with Crippen molar-refractivity contribution in [3.05, 3.63) is 58.1 Å². The van der Waals surface area contributed by atoms with E-state index >= 15 is 0 Å². The van der Waals surface area contributed by atoms with Gasteiger partial charge in [0.25, 0.3) is 0 Å². The number of amides is 1. The number of rotatable bonds is 5. The van der Waals surface area contributed by atoms with Gasteiger partial charge < -0.3 is 5.32 Å². The Hall–Kier alpha value is -2.38. The summed E-state index contributed by atoms with van der Waals surface area (Å²) in [6.07, 6.45) is 0. The lowest BCUT2D eigenvalue weighted by Crippen LogP contribution is -2.15. The number of nitrogens with one attached hydrogen (secondary N) is 1. The van der Waals surface area contributed by atoms with Crippen molar-refractivity contribution in [2.45, 2.75) is 25.9 Å². The first kappa shape index (κ1) is 18.4. The Labute approximate surface area is 160 Å². The van der Waals surface area contributed by atoms with Crippen LogP contribution in [0.2, 0.25) is 5.02 Å². The van der Waals surface area contributed by atoms with Crippen LogP contribution in [-0.4, -0.2) is 31.9 Å². The standard InChI is InChI=1S/C18H18ClN5OS/c1-11-7-8-12(2)16(9-11)24-18(21-22-23-24)26-10-17(25)20-15-6-4-5-14(19)13(15)3/h4-9H,10H2,1-3H3,(H,20,25). The molecule has 0 aliphatic heterocycles. The van der Waals surface area contributed by atoms with Crippen LogP contribution in [0, 0.1) is 20.8 Å². The summed E-state index contributed by atoms with van der Waals surface area (Å²) in [4.78, 5) is 12.3. The molecule has 0 radical (unpaired) electrons. The second-order valence-electron chi connectivity index (χ2n) is 5.91. The number of aryl methyl sites for hydroxylation is 2. The number of halogens is 1. The van der Waals surface area contributed by atoms with E-state index in [0.29, 0.717) is 15.9 Å². The molecule has 1 aromatic heterocycles. The van der Waals surface area contributed by atoms with Gasteiger partial charge >= 0.3 is 0 Å². The summed E-state index contributed by atoms with van der Waals surface area (Å²) in [6.45, 7) is 5.88. The van der Waals surface area contributed by atoms with Crippen LogP contribution < -0.4 is 5.32 Å². The third-order valence-electron chi connectivity index (χ3n) is 3.91. The summed E-state index contributed by atoms with van der Waals surface area (Å²) in [5, 5.41) is 15.9. The summed E-state index contributed by atoms with van der Waals surface area (Å²) in [6, 6.07) is 11.5. The van der Waals surface area contributed by atoms with E-state index in [-0.39, 0.29) is 11.7 Å². The van der Waals surface area contributed by atoms with E-state index in [9.17, 15) is 4.79 Å². The number of benzene rings is 2. The topological polar surface area (TPSA) is 72.7 Å². The highest BCUT2D eigenvalue weighted by atomic mass is 35.5. The van der Waals surface area contributed by atoms with Crippen LogP contribution >= 0.6 is 23.4 Å². The Morgan fingerprint density at radius 3 is 2.85 bits per heavy atom. The number of hydrogen-bond donors (Lipinski definition) is 1. The molecule has 0 saturated carbocycles. The smallest absolute Gasteiger partial charge is 0.234 e. The van der Waals surface area contributed by atoms with E-state index in [0.717, 1.165) is 22.4 Å². The van der Waals surface area contributed by atoms with E-state index in [1.807, 2.05) is 45.0 Å². The molecule has 3 aromatic rings. The van der Waals surface area contributed by atoms with Crippen molar-refractivity contribution in [3.63, 3.8) is 0 Å². The molecule has 0 fully saturated rings. The van der Waals surface area contributed by atoms with Crippen LogP contribution in [0.1, 0.15) is 16.7 Å². The maximum absolute atomic E-state index is 12.3. The van der Waals surface area contributed by atoms with E-state index in [4.69, 9.17) is 11.6 Å². The predicted octanol–water partition coefficient (Wildman–Crippen LogP) is 3.97. The first-order valence-electron chi connectivity index (χ1n) is 7.99. The molecule has 0 aliphatic rings. The summed E-state index contributed by atoms with van der Waals surface area (Å²) in [5.74, 6) is 0.0490. The molecule has 26 heavy (non-hydrogen) atoms. The number of carbonyl (C=O) groups excluding carboxylic acids is 1. The second-order valence-corrected chi connectivity index (χ2v) is 7.26. The van der Waals surface area contributed by atoms with Gasteiger partial charge in [0, 0.05) is 10.7 Å². The van der Waals surface area contributed by atoms with Crippen molar-refractivity contribution in [2.75, 3.05) is 11.1 Å². The quantitative estimate of drug-likeness (QED) is 0.670. The number of hydrogen-bond acceptors (Lipinski definition) is 5. The van der Waals surface area contributed by atoms with E-state index in [1.165, 1.54) is 11.8 Å². The first-order valence-corrected chi connectivity index (χ1v) is 9.36. The largest absolute Gasteiger partial charge is 0.325 e. The van der Waals surface area contributed by atoms with Crippen molar-refractivity contribution < 1.29 is 4.79 Å². The highest BCUT2D eigenvalue weighted by Gasteiger charge is 2.14. The van der Waals surface area contributed by atoms with Crippen molar-refractivity contribution >= 4 is 35.0 Å². The zero-order valence-corrected chi connectivity index (χ0v) is 16.2. The highest BCUT2D eigenvalue weighted by Crippen LogP contribution is 2.24. The average molecular weight is 388 g/mol. The number of tetrazole rings is 1. The van der Waals surface area contributed by atoms with Crippen LogP contribution in [0.15, 0.2) is 41.6 Å². The number of carbonyl (C=O) groups is 1. The maximum atomic E-state index is 12.3. The van der Waals surface area contributed by atoms with Crippen LogP contribution in [-0.2, 0) is 4.79 Å². The fourth-order valence-corrected chi connectivity index (χ4v) is 3.29. The molecule has 0 unspecified atom stereocenters. The minimum Gasteiger partial charge on any atom is -0.325 e. The minimum absolute atomic E-state index is 0.143. The van der Waals surface area contributed by atoms with Gasteiger partial charge in [0.15, 0.2) is 0 Å². The van der Waals surface area contributed by atoms with Crippen molar-refractivity contribution in [3.8, 4) is 5.69 Å². The second kappa shape index (κ2) is 7.88. The summed E-state index contributed by atoms with van der Waals surface area (Å²) < 4.78 is 1.66. The molecular weight excluding hydrogens is 370 g/mol. The fraction of sp³-hybridized carbons (Fsp3) is 0.222. The Morgan fingerprint density at radius 2 is 2.04 bits per heavy atom. The molecule has 2 aromatic carbocycles. The molecule has 1 N–H and O–H groups in total. The van der Waals surface area contributed by atoms with Gasteiger partial charge in [0.2, 0.25) is 11.1 Å². The van der Waals surface area contributed by atoms with E-state index < -0.39 is 0 Å². The van der Waals surface area contributed by atoms with Gasteiger partial charge in [0.05, 0.1) is 11.4 Å². The zero-order chi connectivity index (χ0) is 18.7. The van der Waals surface area contributed by atoms with Crippen LogP contribution in [0.4, 0.5) is 5.69 Å². The van der Waals surface area contributed by atoms with Crippen molar-refractivity contribution in [1.29, 1.82) is 0 Å². The van der Waals surface area contributed by atoms with Gasteiger partial charge in [-0.1, -0.05) is 41.6 Å². The fourth-order valence-electron chi connectivity index (χ4n) is 2.43. The van der Waals surface area contributed by atoms with Crippen molar-refractivity contribution in [1.82, 2.24) is 20.2 Å². The molecule has 0 aliphatic carbocycles. The molecule has 134 valence electrons. The third kappa shape index (κ3) is 4.05. The highest BCUT2D eigenvalue weighted by molar-refractivity contribution is 7.99. The number of nitrogens with zero attached hydrogens (tertiary/aromatic N) is 4. The summed E-state index contributed by atoms with van der Waals surface area (Å²) in [5.41, 5.74) is 4.63. The van der Waals surface area contributed by atoms with Gasteiger partial charge in [-0.15, -0.1) is 5.10 Å². The van der Waals surface area contributed by atoms with E-state index in [2.05, 4.69) is 20.8 Å². The normalized spacial score (nSPS) is 10.8. The average Bonchev–Trinajstić information content (AvgIpc) is 3.07. The van der Waals surface area contributed by atoms with Gasteiger partial charge in [-0.2, -0.15) is 4.68 Å². The molecule has 3 rings (SSSR count). The molecule has 0 atom stereocenters. The first-order chi connectivity index (χ1) is 12.5. The minimum atomic E-state index is -0.143. The molecule has 1 heterocycles. The van der Waals surface area contributed by atoms with Crippen LogP contribution in [0.3, 0.4) is 0 Å². The lowest BCUT2D eigenvalue weighted by atomic mass is 10.1. The van der Waals surface area contributed by atoms with Gasteiger partial charge in [-0.25, -0.2) is 0 Å². The summed E-state index contributed by atoms with van der Waals surface area (Å²) in [7, 11) is 0. The molecule has 0 spiro atoms. The SMILES string of the molecule is Cc1ccc(C)c(-n2nnnc2SCC(=O)Nc2cccc(Cl)c2C)c1. The van der Waals surface area contributed by atoms with Crippen molar-refractivity contribution in [2.24, 2.45) is 0 Å². The molecule has 6 nitrogen and oxygen atoms in total. The van der Waals surface area contributed by atoms with Gasteiger partial charge in [0.1, 0.15) is 0 Å².